The number of carboxylic acids is 1. The first-order valence-corrected chi connectivity index (χ1v) is 7.61. The first kappa shape index (κ1) is 14.1. The average molecular weight is 307 g/mol. The molecule has 110 valence electrons. The van der Waals surface area contributed by atoms with Crippen molar-refractivity contribution in [3.63, 3.8) is 0 Å². The molecule has 0 aliphatic heterocycles. The highest BCUT2D eigenvalue weighted by atomic mass is 32.2. The largest absolute Gasteiger partial charge is 0.481 e. The van der Waals surface area contributed by atoms with Crippen molar-refractivity contribution in [2.24, 2.45) is 0 Å². The fourth-order valence-electron chi connectivity index (χ4n) is 2.13. The average Bonchev–Trinajstić information content (AvgIpc) is 3.20. The van der Waals surface area contributed by atoms with Gasteiger partial charge in [-0.05, 0) is 37.5 Å². The maximum absolute atomic E-state index is 14.2. The third kappa shape index (κ3) is 2.92. The number of aliphatic carboxylic acids is 1. The van der Waals surface area contributed by atoms with Gasteiger partial charge in [0.25, 0.3) is 0 Å². The number of hydrogen-bond acceptors (Lipinski definition) is 4. The van der Waals surface area contributed by atoms with Gasteiger partial charge in [0, 0.05) is 5.92 Å². The van der Waals surface area contributed by atoms with Crippen LogP contribution in [0.15, 0.2) is 23.4 Å². The molecule has 1 fully saturated rings. The summed E-state index contributed by atoms with van der Waals surface area (Å²) in [6.07, 6.45) is 2.02. The lowest BCUT2D eigenvalue weighted by molar-refractivity contribution is -0.133. The number of thioether (sulfide) groups is 1. The molecule has 0 bridgehead atoms. The number of aromatic nitrogens is 3. The van der Waals surface area contributed by atoms with E-state index in [1.807, 2.05) is 6.92 Å². The standard InChI is InChI=1S/C14H14FN3O2S/c1-8-2-5-10(15)11(6-8)18-13(9-3-4-9)16-17-14(18)21-7-12(19)20/h2,5-6,9H,3-4,7H2,1H3,(H,19,20). The molecule has 1 aromatic carbocycles. The molecule has 1 aromatic heterocycles. The van der Waals surface area contributed by atoms with Crippen LogP contribution in [0.1, 0.15) is 30.1 Å². The smallest absolute Gasteiger partial charge is 0.313 e. The minimum absolute atomic E-state index is 0.129. The summed E-state index contributed by atoms with van der Waals surface area (Å²) in [6.45, 7) is 1.88. The highest BCUT2D eigenvalue weighted by molar-refractivity contribution is 7.99. The molecule has 0 saturated heterocycles. The number of carboxylic acid groups (broad SMARTS) is 1. The van der Waals surface area contributed by atoms with E-state index in [1.54, 1.807) is 16.7 Å². The molecule has 0 spiro atoms. The zero-order valence-corrected chi connectivity index (χ0v) is 12.2. The summed E-state index contributed by atoms with van der Waals surface area (Å²) in [4.78, 5) is 10.7. The minimum atomic E-state index is -0.938. The van der Waals surface area contributed by atoms with E-state index < -0.39 is 5.97 Å². The molecule has 1 aliphatic rings. The Morgan fingerprint density at radius 1 is 1.48 bits per heavy atom. The van der Waals surface area contributed by atoms with Gasteiger partial charge in [0.1, 0.15) is 11.6 Å². The molecule has 0 unspecified atom stereocenters. The predicted octanol–water partition coefficient (Wildman–Crippen LogP) is 2.77. The number of halogens is 1. The summed E-state index contributed by atoms with van der Waals surface area (Å²) in [6, 6.07) is 4.84. The summed E-state index contributed by atoms with van der Waals surface area (Å²) < 4.78 is 15.8. The van der Waals surface area contributed by atoms with Gasteiger partial charge in [-0.3, -0.25) is 9.36 Å². The van der Waals surface area contributed by atoms with Gasteiger partial charge in [-0.1, -0.05) is 17.8 Å². The first-order chi connectivity index (χ1) is 10.1. The third-order valence-corrected chi connectivity index (χ3v) is 4.18. The monoisotopic (exact) mass is 307 g/mol. The molecule has 3 rings (SSSR count). The molecular weight excluding hydrogens is 293 g/mol. The van der Waals surface area contributed by atoms with E-state index in [9.17, 15) is 9.18 Å². The molecule has 0 atom stereocenters. The molecule has 2 aromatic rings. The zero-order valence-electron chi connectivity index (χ0n) is 11.4. The number of carbonyl (C=O) groups is 1. The van der Waals surface area contributed by atoms with Crippen LogP contribution in [0.25, 0.3) is 5.69 Å². The van der Waals surface area contributed by atoms with Crippen molar-refractivity contribution in [2.75, 3.05) is 5.75 Å². The van der Waals surface area contributed by atoms with Crippen LogP contribution in [-0.4, -0.2) is 31.6 Å². The lowest BCUT2D eigenvalue weighted by Gasteiger charge is -2.11. The quantitative estimate of drug-likeness (QED) is 0.860. The van der Waals surface area contributed by atoms with Crippen molar-refractivity contribution in [3.05, 3.63) is 35.4 Å². The topological polar surface area (TPSA) is 68.0 Å². The van der Waals surface area contributed by atoms with Gasteiger partial charge in [0.05, 0.1) is 11.4 Å². The van der Waals surface area contributed by atoms with Crippen molar-refractivity contribution in [3.8, 4) is 5.69 Å². The third-order valence-electron chi connectivity index (χ3n) is 3.27. The number of hydrogen-bond donors (Lipinski definition) is 1. The van der Waals surface area contributed by atoms with Crippen LogP contribution in [-0.2, 0) is 4.79 Å². The zero-order chi connectivity index (χ0) is 15.0. The number of benzene rings is 1. The Hall–Kier alpha value is -1.89. The SMILES string of the molecule is Cc1ccc(F)c(-n2c(SCC(=O)O)nnc2C2CC2)c1. The summed E-state index contributed by atoms with van der Waals surface area (Å²) in [5.41, 5.74) is 1.31. The normalized spacial score (nSPS) is 14.4. The second kappa shape index (κ2) is 5.48. The molecule has 1 heterocycles. The van der Waals surface area contributed by atoms with E-state index in [2.05, 4.69) is 10.2 Å². The van der Waals surface area contributed by atoms with E-state index in [4.69, 9.17) is 5.11 Å². The fraction of sp³-hybridized carbons (Fsp3) is 0.357. The molecule has 7 heteroatoms. The summed E-state index contributed by atoms with van der Waals surface area (Å²) in [7, 11) is 0. The molecule has 1 aliphatic carbocycles. The first-order valence-electron chi connectivity index (χ1n) is 6.62. The van der Waals surface area contributed by atoms with E-state index in [0.29, 0.717) is 16.7 Å². The second-order valence-electron chi connectivity index (χ2n) is 5.09. The highest BCUT2D eigenvalue weighted by Crippen LogP contribution is 2.41. The number of nitrogens with zero attached hydrogens (tertiary/aromatic N) is 3. The Morgan fingerprint density at radius 2 is 2.24 bits per heavy atom. The predicted molar refractivity (Wildman–Crippen MR) is 76.4 cm³/mol. The van der Waals surface area contributed by atoms with Crippen LogP contribution in [0.3, 0.4) is 0 Å². The van der Waals surface area contributed by atoms with E-state index in [0.717, 1.165) is 30.2 Å². The Bertz CT molecular complexity index is 698. The van der Waals surface area contributed by atoms with Crippen molar-refractivity contribution < 1.29 is 14.3 Å². The van der Waals surface area contributed by atoms with Gasteiger partial charge < -0.3 is 5.11 Å². The Morgan fingerprint density at radius 3 is 2.90 bits per heavy atom. The highest BCUT2D eigenvalue weighted by Gasteiger charge is 2.31. The van der Waals surface area contributed by atoms with Crippen LogP contribution in [0, 0.1) is 12.7 Å². The van der Waals surface area contributed by atoms with Gasteiger partial charge in [0.15, 0.2) is 5.16 Å². The van der Waals surface area contributed by atoms with E-state index in [1.165, 1.54) is 6.07 Å². The van der Waals surface area contributed by atoms with Crippen LogP contribution >= 0.6 is 11.8 Å². The van der Waals surface area contributed by atoms with Crippen LogP contribution in [0.4, 0.5) is 4.39 Å². The van der Waals surface area contributed by atoms with Gasteiger partial charge in [-0.15, -0.1) is 10.2 Å². The lowest BCUT2D eigenvalue weighted by atomic mass is 10.2. The summed E-state index contributed by atoms with van der Waals surface area (Å²) in [5.74, 6) is -0.424. The lowest BCUT2D eigenvalue weighted by Crippen LogP contribution is -2.06. The van der Waals surface area contributed by atoms with Gasteiger partial charge in [-0.2, -0.15) is 0 Å². The van der Waals surface area contributed by atoms with Crippen molar-refractivity contribution in [1.29, 1.82) is 0 Å². The van der Waals surface area contributed by atoms with Gasteiger partial charge >= 0.3 is 5.97 Å². The van der Waals surface area contributed by atoms with Crippen LogP contribution < -0.4 is 0 Å². The Kier molecular flexibility index (Phi) is 3.67. The van der Waals surface area contributed by atoms with Gasteiger partial charge in [0.2, 0.25) is 0 Å². The van der Waals surface area contributed by atoms with Crippen LogP contribution in [0.2, 0.25) is 0 Å². The number of rotatable bonds is 5. The minimum Gasteiger partial charge on any atom is -0.481 e. The van der Waals surface area contributed by atoms with E-state index in [-0.39, 0.29) is 17.5 Å². The molecule has 5 nitrogen and oxygen atoms in total. The fourth-order valence-corrected chi connectivity index (χ4v) is 2.80. The maximum Gasteiger partial charge on any atom is 0.313 e. The van der Waals surface area contributed by atoms with Crippen molar-refractivity contribution >= 4 is 17.7 Å². The van der Waals surface area contributed by atoms with Crippen LogP contribution in [0.5, 0.6) is 0 Å². The maximum atomic E-state index is 14.2. The molecule has 1 saturated carbocycles. The second-order valence-corrected chi connectivity index (χ2v) is 6.03. The van der Waals surface area contributed by atoms with E-state index >= 15 is 0 Å². The Labute approximate surface area is 125 Å². The molecular formula is C14H14FN3O2S. The summed E-state index contributed by atoms with van der Waals surface area (Å²) in [5, 5.41) is 17.4. The molecule has 21 heavy (non-hydrogen) atoms. The Balaban J connectivity index is 2.07. The molecule has 0 radical (unpaired) electrons. The molecule has 0 amide bonds. The summed E-state index contributed by atoms with van der Waals surface area (Å²) >= 11 is 1.05. The number of aryl methyl sites for hydroxylation is 1. The van der Waals surface area contributed by atoms with Crippen molar-refractivity contribution in [2.45, 2.75) is 30.8 Å². The van der Waals surface area contributed by atoms with Crippen molar-refractivity contribution in [1.82, 2.24) is 14.8 Å². The molecule has 1 N–H and O–H groups in total. The van der Waals surface area contributed by atoms with Gasteiger partial charge in [-0.25, -0.2) is 4.39 Å².